The molecule has 0 aromatic carbocycles. The highest BCUT2D eigenvalue weighted by Crippen LogP contribution is 2.06. The number of amides is 1. The molecule has 0 heterocycles. The van der Waals surface area contributed by atoms with Gasteiger partial charge in [-0.25, -0.2) is 0 Å². The quantitative estimate of drug-likeness (QED) is 0.401. The fourth-order valence-corrected chi connectivity index (χ4v) is 0.699. The summed E-state index contributed by atoms with van der Waals surface area (Å²) in [5.41, 5.74) is 4.77. The Balaban J connectivity index is 4.40. The van der Waals surface area contributed by atoms with Crippen LogP contribution < -0.4 is 5.73 Å². The van der Waals surface area contributed by atoms with Crippen molar-refractivity contribution in [3.05, 3.63) is 11.3 Å². The van der Waals surface area contributed by atoms with Crippen molar-refractivity contribution in [2.45, 2.75) is 19.8 Å². The Labute approximate surface area is 65.3 Å². The van der Waals surface area contributed by atoms with Crippen LogP contribution >= 0.6 is 0 Å². The van der Waals surface area contributed by atoms with E-state index in [2.05, 4.69) is 0 Å². The fraction of sp³-hybridized carbons (Fsp3) is 0.571. The van der Waals surface area contributed by atoms with Gasteiger partial charge in [0.1, 0.15) is 5.76 Å². The zero-order valence-corrected chi connectivity index (χ0v) is 6.50. The van der Waals surface area contributed by atoms with Gasteiger partial charge in [0.2, 0.25) is 5.91 Å². The molecule has 0 aliphatic carbocycles. The number of rotatable bonds is 4. The van der Waals surface area contributed by atoms with Gasteiger partial charge in [-0.3, -0.25) is 4.79 Å². The molecule has 0 spiro atoms. The van der Waals surface area contributed by atoms with Gasteiger partial charge in [-0.2, -0.15) is 0 Å². The molecule has 4 heteroatoms. The summed E-state index contributed by atoms with van der Waals surface area (Å²) in [5.74, 6) is -0.874. The van der Waals surface area contributed by atoms with Crippen LogP contribution in [-0.2, 0) is 4.79 Å². The number of carbonyl (C=O) groups excluding carboxylic acids is 1. The first-order valence-corrected chi connectivity index (χ1v) is 3.45. The largest absolute Gasteiger partial charge is 0.512 e. The third-order valence-electron chi connectivity index (χ3n) is 1.29. The van der Waals surface area contributed by atoms with Crippen LogP contribution in [0.1, 0.15) is 19.8 Å². The molecular formula is C7H13NO3. The van der Waals surface area contributed by atoms with E-state index in [1.54, 1.807) is 0 Å². The first-order chi connectivity index (χ1) is 5.13. The van der Waals surface area contributed by atoms with Crippen molar-refractivity contribution >= 4 is 5.91 Å². The summed E-state index contributed by atoms with van der Waals surface area (Å²) >= 11 is 0. The van der Waals surface area contributed by atoms with Crippen LogP contribution in [0, 0.1) is 0 Å². The van der Waals surface area contributed by atoms with Crippen molar-refractivity contribution < 1.29 is 15.0 Å². The normalized spacial score (nSPS) is 12.5. The number of allylic oxidation sites excluding steroid dienone is 1. The Kier molecular flexibility index (Phi) is 4.29. The number of hydrogen-bond acceptors (Lipinski definition) is 3. The fourth-order valence-electron chi connectivity index (χ4n) is 0.699. The van der Waals surface area contributed by atoms with Crippen LogP contribution in [0.2, 0.25) is 0 Å². The minimum Gasteiger partial charge on any atom is -0.512 e. The van der Waals surface area contributed by atoms with E-state index in [9.17, 15) is 4.79 Å². The molecule has 64 valence electrons. The van der Waals surface area contributed by atoms with Crippen molar-refractivity contribution in [1.82, 2.24) is 0 Å². The van der Waals surface area contributed by atoms with E-state index in [0.717, 1.165) is 0 Å². The molecule has 0 saturated heterocycles. The third-order valence-corrected chi connectivity index (χ3v) is 1.29. The summed E-state index contributed by atoms with van der Waals surface area (Å²) in [4.78, 5) is 10.5. The van der Waals surface area contributed by atoms with Gasteiger partial charge in [-0.1, -0.05) is 6.92 Å². The van der Waals surface area contributed by atoms with Gasteiger partial charge in [0, 0.05) is 6.42 Å². The number of primary amides is 1. The maximum atomic E-state index is 10.5. The van der Waals surface area contributed by atoms with Crippen LogP contribution in [0.15, 0.2) is 11.3 Å². The first kappa shape index (κ1) is 9.97. The number of carbonyl (C=O) groups is 1. The minimum atomic E-state index is -0.765. The topological polar surface area (TPSA) is 83.6 Å². The molecule has 0 radical (unpaired) electrons. The monoisotopic (exact) mass is 159 g/mol. The van der Waals surface area contributed by atoms with E-state index in [0.29, 0.717) is 12.8 Å². The van der Waals surface area contributed by atoms with Gasteiger partial charge in [-0.05, 0) is 6.42 Å². The molecule has 0 fully saturated rings. The van der Waals surface area contributed by atoms with Crippen LogP contribution in [0.5, 0.6) is 0 Å². The Morgan fingerprint density at radius 3 is 2.36 bits per heavy atom. The SMILES string of the molecule is CCC/C(O)=C(/CO)C(N)=O. The van der Waals surface area contributed by atoms with Crippen LogP contribution in [0.25, 0.3) is 0 Å². The third kappa shape index (κ3) is 3.04. The maximum Gasteiger partial charge on any atom is 0.250 e. The summed E-state index contributed by atoms with van der Waals surface area (Å²) in [6, 6.07) is 0. The lowest BCUT2D eigenvalue weighted by Gasteiger charge is -2.02. The van der Waals surface area contributed by atoms with Crippen molar-refractivity contribution in [2.75, 3.05) is 6.61 Å². The molecule has 0 bridgehead atoms. The van der Waals surface area contributed by atoms with E-state index in [-0.39, 0.29) is 11.3 Å². The van der Waals surface area contributed by atoms with E-state index in [4.69, 9.17) is 15.9 Å². The second-order valence-electron chi connectivity index (χ2n) is 2.20. The summed E-state index contributed by atoms with van der Waals surface area (Å²) in [5, 5.41) is 17.7. The zero-order valence-electron chi connectivity index (χ0n) is 6.50. The van der Waals surface area contributed by atoms with Crippen LogP contribution in [0.3, 0.4) is 0 Å². The lowest BCUT2D eigenvalue weighted by Crippen LogP contribution is -2.18. The average Bonchev–Trinajstić information content (AvgIpc) is 1.88. The summed E-state index contributed by atoms with van der Waals surface area (Å²) in [6.45, 7) is 1.35. The highest BCUT2D eigenvalue weighted by Gasteiger charge is 2.09. The lowest BCUT2D eigenvalue weighted by atomic mass is 10.1. The van der Waals surface area contributed by atoms with Crippen molar-refractivity contribution in [3.8, 4) is 0 Å². The molecule has 1 amide bonds. The van der Waals surface area contributed by atoms with Crippen molar-refractivity contribution in [3.63, 3.8) is 0 Å². The Morgan fingerprint density at radius 1 is 1.55 bits per heavy atom. The Bertz CT molecular complexity index is 175. The molecule has 0 saturated carbocycles. The Morgan fingerprint density at radius 2 is 2.09 bits per heavy atom. The highest BCUT2D eigenvalue weighted by atomic mass is 16.3. The average molecular weight is 159 g/mol. The second kappa shape index (κ2) is 4.73. The summed E-state index contributed by atoms with van der Waals surface area (Å²) in [7, 11) is 0. The highest BCUT2D eigenvalue weighted by molar-refractivity contribution is 5.92. The molecule has 0 aliphatic heterocycles. The number of aliphatic hydroxyl groups excluding tert-OH is 2. The predicted molar refractivity (Wildman–Crippen MR) is 40.8 cm³/mol. The number of nitrogens with two attached hydrogens (primary N) is 1. The van der Waals surface area contributed by atoms with Crippen molar-refractivity contribution in [2.24, 2.45) is 5.73 Å². The molecule has 4 N–H and O–H groups in total. The number of aliphatic hydroxyl groups is 2. The molecule has 0 atom stereocenters. The Hall–Kier alpha value is -1.03. The van der Waals surface area contributed by atoms with Gasteiger partial charge in [0.15, 0.2) is 0 Å². The second-order valence-corrected chi connectivity index (χ2v) is 2.20. The maximum absolute atomic E-state index is 10.5. The van der Waals surface area contributed by atoms with Crippen molar-refractivity contribution in [1.29, 1.82) is 0 Å². The predicted octanol–water partition coefficient (Wildman–Crippen LogP) is 0.0762. The van der Waals surface area contributed by atoms with E-state index in [1.807, 2.05) is 6.92 Å². The van der Waals surface area contributed by atoms with E-state index >= 15 is 0 Å². The van der Waals surface area contributed by atoms with Gasteiger partial charge >= 0.3 is 0 Å². The standard InChI is InChI=1S/C7H13NO3/c1-2-3-6(10)5(4-9)7(8)11/h9-10H,2-4H2,1H3,(H2,8,11)/b6-5+. The van der Waals surface area contributed by atoms with Crippen LogP contribution in [0.4, 0.5) is 0 Å². The van der Waals surface area contributed by atoms with Gasteiger partial charge in [0.05, 0.1) is 12.2 Å². The molecule has 0 aromatic rings. The first-order valence-electron chi connectivity index (χ1n) is 3.45. The molecule has 0 unspecified atom stereocenters. The molecule has 4 nitrogen and oxygen atoms in total. The number of hydrogen-bond donors (Lipinski definition) is 3. The molecule has 11 heavy (non-hydrogen) atoms. The molecule has 0 rings (SSSR count). The summed E-state index contributed by atoms with van der Waals surface area (Å²) in [6.07, 6.45) is 1.08. The molecule has 0 aromatic heterocycles. The van der Waals surface area contributed by atoms with Gasteiger partial charge < -0.3 is 15.9 Å². The molecular weight excluding hydrogens is 146 g/mol. The van der Waals surface area contributed by atoms with Crippen LogP contribution in [-0.4, -0.2) is 22.7 Å². The van der Waals surface area contributed by atoms with E-state index < -0.39 is 12.5 Å². The van der Waals surface area contributed by atoms with Gasteiger partial charge in [0.25, 0.3) is 0 Å². The van der Waals surface area contributed by atoms with Gasteiger partial charge in [-0.15, -0.1) is 0 Å². The van der Waals surface area contributed by atoms with E-state index in [1.165, 1.54) is 0 Å². The minimum absolute atomic E-state index is 0.0909. The smallest absolute Gasteiger partial charge is 0.250 e. The molecule has 0 aliphatic rings. The zero-order chi connectivity index (χ0) is 8.85. The lowest BCUT2D eigenvalue weighted by molar-refractivity contribution is -0.115. The summed E-state index contributed by atoms with van der Waals surface area (Å²) < 4.78 is 0.